The summed E-state index contributed by atoms with van der Waals surface area (Å²) in [5.74, 6) is 0.896. The van der Waals surface area contributed by atoms with Crippen LogP contribution >= 0.6 is 0 Å². The Balaban J connectivity index is 1.95. The van der Waals surface area contributed by atoms with E-state index in [-0.39, 0.29) is 6.04 Å². The molecule has 0 bridgehead atoms. The van der Waals surface area contributed by atoms with Crippen LogP contribution in [0.15, 0.2) is 36.7 Å². The average molecular weight is 244 g/mol. The summed E-state index contributed by atoms with van der Waals surface area (Å²) in [5.41, 5.74) is 7.51. The van der Waals surface area contributed by atoms with Crippen LogP contribution in [-0.4, -0.2) is 14.8 Å². The summed E-state index contributed by atoms with van der Waals surface area (Å²) in [4.78, 5) is 0. The van der Waals surface area contributed by atoms with Crippen molar-refractivity contribution in [2.24, 2.45) is 5.73 Å². The fourth-order valence-corrected chi connectivity index (χ4v) is 2.06. The predicted octanol–water partition coefficient (Wildman–Crippen LogP) is 2.32. The summed E-state index contributed by atoms with van der Waals surface area (Å²) in [5, 5.41) is 8.08. The monoisotopic (exact) mass is 244 g/mol. The lowest BCUT2D eigenvalue weighted by Gasteiger charge is -2.12. The van der Waals surface area contributed by atoms with Crippen LogP contribution < -0.4 is 5.73 Å². The molecule has 2 aromatic rings. The van der Waals surface area contributed by atoms with E-state index in [9.17, 15) is 0 Å². The van der Waals surface area contributed by atoms with Gasteiger partial charge in [0, 0.05) is 6.54 Å². The molecule has 2 N–H and O–H groups in total. The molecule has 18 heavy (non-hydrogen) atoms. The third-order valence-electron chi connectivity index (χ3n) is 3.03. The van der Waals surface area contributed by atoms with Gasteiger partial charge in [-0.2, -0.15) is 0 Å². The first-order valence-electron chi connectivity index (χ1n) is 6.48. The smallest absolute Gasteiger partial charge is 0.149 e. The van der Waals surface area contributed by atoms with E-state index in [2.05, 4.69) is 46.0 Å². The maximum atomic E-state index is 6.20. The average Bonchev–Trinajstić information content (AvgIpc) is 2.86. The molecule has 1 unspecified atom stereocenters. The summed E-state index contributed by atoms with van der Waals surface area (Å²) in [7, 11) is 0. The lowest BCUT2D eigenvalue weighted by molar-refractivity contribution is 0.549. The van der Waals surface area contributed by atoms with Gasteiger partial charge < -0.3 is 10.3 Å². The molecule has 1 heterocycles. The Bertz CT molecular complexity index is 464. The van der Waals surface area contributed by atoms with Gasteiger partial charge in [-0.15, -0.1) is 10.2 Å². The van der Waals surface area contributed by atoms with Crippen molar-refractivity contribution in [3.63, 3.8) is 0 Å². The van der Waals surface area contributed by atoms with E-state index in [1.165, 1.54) is 5.56 Å². The molecule has 0 saturated carbocycles. The van der Waals surface area contributed by atoms with Crippen LogP contribution in [-0.2, 0) is 13.0 Å². The van der Waals surface area contributed by atoms with E-state index >= 15 is 0 Å². The largest absolute Gasteiger partial charge is 0.321 e. The molecule has 0 aliphatic rings. The Labute approximate surface area is 108 Å². The molecule has 0 aliphatic carbocycles. The molecule has 1 aromatic heterocycles. The second kappa shape index (κ2) is 6.31. The first kappa shape index (κ1) is 12.8. The van der Waals surface area contributed by atoms with Crippen molar-refractivity contribution in [2.75, 3.05) is 0 Å². The first-order valence-corrected chi connectivity index (χ1v) is 6.48. The Morgan fingerprint density at radius 1 is 1.28 bits per heavy atom. The highest BCUT2D eigenvalue weighted by Gasteiger charge is 2.13. The van der Waals surface area contributed by atoms with Gasteiger partial charge in [-0.25, -0.2) is 0 Å². The minimum atomic E-state index is -0.0424. The summed E-state index contributed by atoms with van der Waals surface area (Å²) in [6, 6.07) is 10.4. The molecule has 0 spiro atoms. The normalized spacial score (nSPS) is 12.6. The van der Waals surface area contributed by atoms with Crippen LogP contribution in [0.1, 0.15) is 37.2 Å². The molecule has 0 saturated heterocycles. The number of hydrogen-bond donors (Lipinski definition) is 1. The van der Waals surface area contributed by atoms with E-state index in [0.29, 0.717) is 0 Å². The van der Waals surface area contributed by atoms with Crippen molar-refractivity contribution in [1.82, 2.24) is 14.8 Å². The van der Waals surface area contributed by atoms with Gasteiger partial charge in [0.1, 0.15) is 12.2 Å². The SMILES string of the molecule is CCCn1cnnc1C(N)CCc1ccccc1. The van der Waals surface area contributed by atoms with Crippen LogP contribution in [0.3, 0.4) is 0 Å². The molecule has 4 heteroatoms. The fraction of sp³-hybridized carbons (Fsp3) is 0.429. The third-order valence-corrected chi connectivity index (χ3v) is 3.03. The highest BCUT2D eigenvalue weighted by Crippen LogP contribution is 2.15. The number of aryl methyl sites for hydroxylation is 2. The topological polar surface area (TPSA) is 56.7 Å². The Hall–Kier alpha value is -1.68. The lowest BCUT2D eigenvalue weighted by atomic mass is 10.1. The number of hydrogen-bond acceptors (Lipinski definition) is 3. The highest BCUT2D eigenvalue weighted by atomic mass is 15.3. The molecule has 96 valence electrons. The van der Waals surface area contributed by atoms with E-state index < -0.39 is 0 Å². The van der Waals surface area contributed by atoms with Crippen molar-refractivity contribution in [3.8, 4) is 0 Å². The molecule has 0 aliphatic heterocycles. The van der Waals surface area contributed by atoms with Crippen molar-refractivity contribution in [3.05, 3.63) is 48.0 Å². The summed E-state index contributed by atoms with van der Waals surface area (Å²) >= 11 is 0. The molecule has 4 nitrogen and oxygen atoms in total. The van der Waals surface area contributed by atoms with Gasteiger partial charge in [0.15, 0.2) is 0 Å². The molecule has 1 aromatic carbocycles. The van der Waals surface area contributed by atoms with Gasteiger partial charge in [-0.05, 0) is 24.8 Å². The predicted molar refractivity (Wildman–Crippen MR) is 72.0 cm³/mol. The van der Waals surface area contributed by atoms with Gasteiger partial charge in [0.25, 0.3) is 0 Å². The number of rotatable bonds is 6. The Kier molecular flexibility index (Phi) is 4.47. The van der Waals surface area contributed by atoms with Crippen molar-refractivity contribution in [2.45, 2.75) is 38.8 Å². The van der Waals surface area contributed by atoms with Gasteiger partial charge in [0.05, 0.1) is 6.04 Å². The second-order valence-corrected chi connectivity index (χ2v) is 4.51. The fourth-order valence-electron chi connectivity index (χ4n) is 2.06. The van der Waals surface area contributed by atoms with E-state index in [4.69, 9.17) is 5.73 Å². The number of aromatic nitrogens is 3. The quantitative estimate of drug-likeness (QED) is 0.848. The number of nitrogens with zero attached hydrogens (tertiary/aromatic N) is 3. The van der Waals surface area contributed by atoms with Gasteiger partial charge >= 0.3 is 0 Å². The second-order valence-electron chi connectivity index (χ2n) is 4.51. The molecule has 0 fully saturated rings. The number of nitrogens with two attached hydrogens (primary N) is 1. The molecule has 0 amide bonds. The molecular formula is C14H20N4. The maximum Gasteiger partial charge on any atom is 0.149 e. The molecule has 1 atom stereocenters. The Morgan fingerprint density at radius 3 is 2.78 bits per heavy atom. The van der Waals surface area contributed by atoms with Crippen LogP contribution in [0, 0.1) is 0 Å². The standard InChI is InChI=1S/C14H20N4/c1-2-10-18-11-16-17-14(18)13(15)9-8-12-6-4-3-5-7-12/h3-7,11,13H,2,8-10,15H2,1H3. The van der Waals surface area contributed by atoms with Crippen molar-refractivity contribution < 1.29 is 0 Å². The van der Waals surface area contributed by atoms with E-state index in [0.717, 1.165) is 31.6 Å². The minimum absolute atomic E-state index is 0.0424. The number of benzene rings is 1. The van der Waals surface area contributed by atoms with Crippen LogP contribution in [0.5, 0.6) is 0 Å². The first-order chi connectivity index (χ1) is 8.81. The highest BCUT2D eigenvalue weighted by molar-refractivity contribution is 5.15. The maximum absolute atomic E-state index is 6.20. The van der Waals surface area contributed by atoms with E-state index in [1.807, 2.05) is 6.07 Å². The summed E-state index contributed by atoms with van der Waals surface area (Å²) < 4.78 is 2.05. The molecular weight excluding hydrogens is 224 g/mol. The van der Waals surface area contributed by atoms with Gasteiger partial charge in [-0.1, -0.05) is 37.3 Å². The Morgan fingerprint density at radius 2 is 2.06 bits per heavy atom. The van der Waals surface area contributed by atoms with Gasteiger partial charge in [0.2, 0.25) is 0 Å². The van der Waals surface area contributed by atoms with Gasteiger partial charge in [-0.3, -0.25) is 0 Å². The van der Waals surface area contributed by atoms with Crippen LogP contribution in [0.2, 0.25) is 0 Å². The zero-order chi connectivity index (χ0) is 12.8. The van der Waals surface area contributed by atoms with Crippen molar-refractivity contribution in [1.29, 1.82) is 0 Å². The third kappa shape index (κ3) is 3.17. The summed E-state index contributed by atoms with van der Waals surface area (Å²) in [6.45, 7) is 3.07. The summed E-state index contributed by atoms with van der Waals surface area (Å²) in [6.07, 6.45) is 4.70. The van der Waals surface area contributed by atoms with Crippen LogP contribution in [0.25, 0.3) is 0 Å². The lowest BCUT2D eigenvalue weighted by Crippen LogP contribution is -2.17. The molecule has 0 radical (unpaired) electrons. The minimum Gasteiger partial charge on any atom is -0.321 e. The van der Waals surface area contributed by atoms with Crippen molar-refractivity contribution >= 4 is 0 Å². The zero-order valence-corrected chi connectivity index (χ0v) is 10.8. The molecule has 2 rings (SSSR count). The van der Waals surface area contributed by atoms with E-state index in [1.54, 1.807) is 6.33 Å². The zero-order valence-electron chi connectivity index (χ0n) is 10.8. The van der Waals surface area contributed by atoms with Crippen LogP contribution in [0.4, 0.5) is 0 Å².